The minimum absolute atomic E-state index is 0.322. The molecule has 0 bridgehead atoms. The number of hydrogen-bond acceptors (Lipinski definition) is 1. The van der Waals surface area contributed by atoms with Gasteiger partial charge in [0.2, 0.25) is 0 Å². The molecule has 14 heavy (non-hydrogen) atoms. The number of H-pyrrole nitrogens is 1. The lowest BCUT2D eigenvalue weighted by Gasteiger charge is -2.00. The van der Waals surface area contributed by atoms with Gasteiger partial charge in [0.25, 0.3) is 0 Å². The van der Waals surface area contributed by atoms with E-state index >= 15 is 0 Å². The zero-order chi connectivity index (χ0) is 10.1. The van der Waals surface area contributed by atoms with E-state index in [4.69, 9.17) is 12.2 Å². The van der Waals surface area contributed by atoms with Crippen LogP contribution in [0.5, 0.6) is 0 Å². The summed E-state index contributed by atoms with van der Waals surface area (Å²) >= 11 is 5.10. The van der Waals surface area contributed by atoms with Gasteiger partial charge in [0, 0.05) is 0 Å². The standard InChI is InChI=1S/C10H11FN2S/c1-7-2-3-8-9(6-7)13(5-4-11)10(14)12-8/h2-3,6H,4-5H2,1H3,(H,12,14). The molecule has 2 rings (SSSR count). The van der Waals surface area contributed by atoms with Crippen molar-refractivity contribution in [2.24, 2.45) is 0 Å². The number of fused-ring (bicyclic) bond motifs is 1. The summed E-state index contributed by atoms with van der Waals surface area (Å²) in [6.45, 7) is 1.94. The molecule has 0 fully saturated rings. The lowest BCUT2D eigenvalue weighted by Crippen LogP contribution is -1.99. The molecule has 4 heteroatoms. The summed E-state index contributed by atoms with van der Waals surface area (Å²) < 4.78 is 14.7. The summed E-state index contributed by atoms with van der Waals surface area (Å²) in [7, 11) is 0. The number of halogens is 1. The van der Waals surface area contributed by atoms with Crippen LogP contribution in [0.4, 0.5) is 4.39 Å². The van der Waals surface area contributed by atoms with Crippen LogP contribution in [-0.2, 0) is 6.54 Å². The minimum atomic E-state index is -0.394. The molecular formula is C10H11FN2S. The Morgan fingerprint density at radius 3 is 3.00 bits per heavy atom. The van der Waals surface area contributed by atoms with Crippen molar-refractivity contribution in [2.45, 2.75) is 13.5 Å². The molecule has 0 saturated heterocycles. The van der Waals surface area contributed by atoms with E-state index in [1.54, 1.807) is 4.57 Å². The van der Waals surface area contributed by atoms with Crippen LogP contribution >= 0.6 is 12.2 Å². The van der Waals surface area contributed by atoms with E-state index in [-0.39, 0.29) is 0 Å². The van der Waals surface area contributed by atoms with Gasteiger partial charge in [-0.05, 0) is 36.8 Å². The van der Waals surface area contributed by atoms with E-state index in [2.05, 4.69) is 4.98 Å². The smallest absolute Gasteiger partial charge is 0.178 e. The normalized spacial score (nSPS) is 11.0. The van der Waals surface area contributed by atoms with Crippen molar-refractivity contribution in [3.8, 4) is 0 Å². The van der Waals surface area contributed by atoms with Gasteiger partial charge in [-0.15, -0.1) is 0 Å². The molecule has 74 valence electrons. The SMILES string of the molecule is Cc1ccc2[nH]c(=S)n(CCF)c2c1. The highest BCUT2D eigenvalue weighted by atomic mass is 32.1. The predicted molar refractivity (Wildman–Crippen MR) is 57.8 cm³/mol. The van der Waals surface area contributed by atoms with Crippen molar-refractivity contribution in [2.75, 3.05) is 6.67 Å². The Balaban J connectivity index is 2.73. The molecule has 1 aromatic heterocycles. The van der Waals surface area contributed by atoms with Gasteiger partial charge in [0.05, 0.1) is 17.6 Å². The number of imidazole rings is 1. The fourth-order valence-electron chi connectivity index (χ4n) is 1.57. The molecule has 0 atom stereocenters. The third-order valence-corrected chi connectivity index (χ3v) is 2.56. The van der Waals surface area contributed by atoms with Crippen molar-refractivity contribution >= 4 is 23.3 Å². The molecule has 2 nitrogen and oxygen atoms in total. The number of aryl methyl sites for hydroxylation is 2. The Labute approximate surface area is 86.4 Å². The molecule has 0 aliphatic carbocycles. The summed E-state index contributed by atoms with van der Waals surface area (Å²) in [6.07, 6.45) is 0. The van der Waals surface area contributed by atoms with E-state index in [0.717, 1.165) is 16.6 Å². The fraction of sp³-hybridized carbons (Fsp3) is 0.300. The zero-order valence-electron chi connectivity index (χ0n) is 7.88. The van der Waals surface area contributed by atoms with Crippen LogP contribution in [0.2, 0.25) is 0 Å². The molecule has 2 aromatic rings. The average Bonchev–Trinajstić information content (AvgIpc) is 2.45. The Bertz CT molecular complexity index is 512. The number of nitrogens with zero attached hydrogens (tertiary/aromatic N) is 1. The molecule has 1 N–H and O–H groups in total. The van der Waals surface area contributed by atoms with Gasteiger partial charge in [-0.2, -0.15) is 0 Å². The third kappa shape index (κ3) is 1.46. The Kier molecular flexibility index (Phi) is 2.37. The summed E-state index contributed by atoms with van der Waals surface area (Å²) in [5, 5.41) is 0. The topological polar surface area (TPSA) is 20.7 Å². The van der Waals surface area contributed by atoms with Gasteiger partial charge in [0.1, 0.15) is 6.67 Å². The second-order valence-electron chi connectivity index (χ2n) is 3.29. The first kappa shape index (κ1) is 9.40. The van der Waals surface area contributed by atoms with Crippen molar-refractivity contribution in [3.63, 3.8) is 0 Å². The number of aromatic nitrogens is 2. The quantitative estimate of drug-likeness (QED) is 0.756. The van der Waals surface area contributed by atoms with Crippen molar-refractivity contribution in [1.29, 1.82) is 0 Å². The van der Waals surface area contributed by atoms with Crippen LogP contribution in [0.15, 0.2) is 18.2 Å². The maximum atomic E-state index is 12.3. The fourth-order valence-corrected chi connectivity index (χ4v) is 1.87. The maximum absolute atomic E-state index is 12.3. The first-order valence-electron chi connectivity index (χ1n) is 4.47. The highest BCUT2D eigenvalue weighted by Crippen LogP contribution is 2.15. The molecule has 0 saturated carbocycles. The molecule has 0 aliphatic heterocycles. The van der Waals surface area contributed by atoms with Gasteiger partial charge in [-0.1, -0.05) is 6.07 Å². The van der Waals surface area contributed by atoms with E-state index in [1.807, 2.05) is 25.1 Å². The zero-order valence-corrected chi connectivity index (χ0v) is 8.70. The van der Waals surface area contributed by atoms with Crippen molar-refractivity contribution in [1.82, 2.24) is 9.55 Å². The second kappa shape index (κ2) is 3.53. The predicted octanol–water partition coefficient (Wildman–Crippen LogP) is 2.98. The van der Waals surface area contributed by atoms with Crippen LogP contribution in [0.1, 0.15) is 5.56 Å². The molecular weight excluding hydrogens is 199 g/mol. The van der Waals surface area contributed by atoms with E-state index < -0.39 is 6.67 Å². The maximum Gasteiger partial charge on any atom is 0.178 e. The lowest BCUT2D eigenvalue weighted by atomic mass is 10.2. The summed E-state index contributed by atoms with van der Waals surface area (Å²) in [5.74, 6) is 0. The summed E-state index contributed by atoms with van der Waals surface area (Å²) in [5.41, 5.74) is 3.10. The van der Waals surface area contributed by atoms with Gasteiger partial charge >= 0.3 is 0 Å². The number of benzene rings is 1. The summed E-state index contributed by atoms with van der Waals surface area (Å²) in [6, 6.07) is 5.99. The average molecular weight is 210 g/mol. The van der Waals surface area contributed by atoms with Crippen LogP contribution in [0, 0.1) is 11.7 Å². The van der Waals surface area contributed by atoms with E-state index in [9.17, 15) is 4.39 Å². The number of hydrogen-bond donors (Lipinski definition) is 1. The minimum Gasteiger partial charge on any atom is -0.331 e. The number of nitrogens with one attached hydrogen (secondary N) is 1. The number of alkyl halides is 1. The Morgan fingerprint density at radius 1 is 1.50 bits per heavy atom. The van der Waals surface area contributed by atoms with Gasteiger partial charge in [-0.3, -0.25) is 0 Å². The summed E-state index contributed by atoms with van der Waals surface area (Å²) in [4.78, 5) is 3.05. The number of rotatable bonds is 2. The van der Waals surface area contributed by atoms with E-state index in [0.29, 0.717) is 11.3 Å². The molecule has 1 aromatic carbocycles. The van der Waals surface area contributed by atoms with Gasteiger partial charge < -0.3 is 9.55 Å². The van der Waals surface area contributed by atoms with Crippen molar-refractivity contribution < 1.29 is 4.39 Å². The largest absolute Gasteiger partial charge is 0.331 e. The van der Waals surface area contributed by atoms with Crippen molar-refractivity contribution in [3.05, 3.63) is 28.5 Å². The van der Waals surface area contributed by atoms with Crippen LogP contribution in [-0.4, -0.2) is 16.2 Å². The first-order valence-corrected chi connectivity index (χ1v) is 4.88. The van der Waals surface area contributed by atoms with Crippen LogP contribution < -0.4 is 0 Å². The molecule has 0 amide bonds. The highest BCUT2D eigenvalue weighted by Gasteiger charge is 2.03. The number of aromatic amines is 1. The lowest BCUT2D eigenvalue weighted by molar-refractivity contribution is 0.448. The van der Waals surface area contributed by atoms with Crippen LogP contribution in [0.3, 0.4) is 0 Å². The second-order valence-corrected chi connectivity index (χ2v) is 3.68. The third-order valence-electron chi connectivity index (χ3n) is 2.24. The van der Waals surface area contributed by atoms with E-state index in [1.165, 1.54) is 0 Å². The molecule has 0 unspecified atom stereocenters. The molecule has 0 aliphatic rings. The Hall–Kier alpha value is -1.16. The Morgan fingerprint density at radius 2 is 2.29 bits per heavy atom. The molecule has 0 spiro atoms. The van der Waals surface area contributed by atoms with Gasteiger partial charge in [-0.25, -0.2) is 4.39 Å². The van der Waals surface area contributed by atoms with Crippen LogP contribution in [0.25, 0.3) is 11.0 Å². The monoisotopic (exact) mass is 210 g/mol. The highest BCUT2D eigenvalue weighted by molar-refractivity contribution is 7.71. The molecule has 1 heterocycles. The van der Waals surface area contributed by atoms with Gasteiger partial charge in [0.15, 0.2) is 4.77 Å². The molecule has 0 radical (unpaired) electrons. The first-order chi connectivity index (χ1) is 6.72.